The molecule has 1 heterocycles. The minimum absolute atomic E-state index is 0.414. The first-order valence-corrected chi connectivity index (χ1v) is 6.54. The monoisotopic (exact) mass is 273 g/mol. The molecule has 0 fully saturated rings. The van der Waals surface area contributed by atoms with Crippen molar-refractivity contribution in [1.82, 2.24) is 15.2 Å². The third-order valence-corrected chi connectivity index (χ3v) is 2.93. The summed E-state index contributed by atoms with van der Waals surface area (Å²) in [6.45, 7) is 6.75. The second-order valence-corrected chi connectivity index (χ2v) is 4.39. The van der Waals surface area contributed by atoms with Crippen LogP contribution in [0, 0.1) is 13.8 Å². The SMILES string of the molecule is CCOc1ccc(Nc2nnc(C)c(C)n2)cc1CN. The van der Waals surface area contributed by atoms with Gasteiger partial charge >= 0.3 is 0 Å². The Bertz CT molecular complexity index is 600. The number of hydrogen-bond donors (Lipinski definition) is 2. The summed E-state index contributed by atoms with van der Waals surface area (Å²) in [6.07, 6.45) is 0. The molecule has 0 saturated heterocycles. The Morgan fingerprint density at radius 3 is 2.65 bits per heavy atom. The van der Waals surface area contributed by atoms with Crippen molar-refractivity contribution in [2.45, 2.75) is 27.3 Å². The van der Waals surface area contributed by atoms with Crippen molar-refractivity contribution >= 4 is 11.6 Å². The third kappa shape index (κ3) is 3.21. The van der Waals surface area contributed by atoms with Crippen LogP contribution in [0.3, 0.4) is 0 Å². The van der Waals surface area contributed by atoms with Gasteiger partial charge in [0.15, 0.2) is 0 Å². The largest absolute Gasteiger partial charge is 0.494 e. The van der Waals surface area contributed by atoms with E-state index >= 15 is 0 Å². The Kier molecular flexibility index (Phi) is 4.47. The van der Waals surface area contributed by atoms with Crippen LogP contribution in [-0.2, 0) is 6.54 Å². The number of anilines is 2. The molecule has 0 amide bonds. The summed E-state index contributed by atoms with van der Waals surface area (Å²) in [7, 11) is 0. The molecule has 6 nitrogen and oxygen atoms in total. The standard InChI is InChI=1S/C14H19N5O/c1-4-20-13-6-5-12(7-11(13)8-15)17-14-16-9(2)10(3)18-19-14/h5-7H,4,8,15H2,1-3H3,(H,16,17,19). The molecular weight excluding hydrogens is 254 g/mol. The number of ether oxygens (including phenoxy) is 1. The molecule has 0 aliphatic rings. The normalized spacial score (nSPS) is 10.4. The molecule has 0 spiro atoms. The highest BCUT2D eigenvalue weighted by Crippen LogP contribution is 2.24. The highest BCUT2D eigenvalue weighted by Gasteiger charge is 2.06. The van der Waals surface area contributed by atoms with Gasteiger partial charge in [0.1, 0.15) is 5.75 Å². The minimum Gasteiger partial charge on any atom is -0.494 e. The maximum absolute atomic E-state index is 5.74. The van der Waals surface area contributed by atoms with Gasteiger partial charge in [-0.1, -0.05) is 0 Å². The van der Waals surface area contributed by atoms with Gasteiger partial charge in [-0.3, -0.25) is 0 Å². The fourth-order valence-electron chi connectivity index (χ4n) is 1.75. The lowest BCUT2D eigenvalue weighted by Gasteiger charge is -2.11. The van der Waals surface area contributed by atoms with Crippen LogP contribution in [0.2, 0.25) is 0 Å². The van der Waals surface area contributed by atoms with Gasteiger partial charge in [0.2, 0.25) is 5.95 Å². The van der Waals surface area contributed by atoms with Crippen LogP contribution in [-0.4, -0.2) is 21.8 Å². The molecule has 0 bridgehead atoms. The van der Waals surface area contributed by atoms with Gasteiger partial charge in [0.25, 0.3) is 0 Å². The Balaban J connectivity index is 2.22. The maximum Gasteiger partial charge on any atom is 0.247 e. The Morgan fingerprint density at radius 2 is 2.00 bits per heavy atom. The molecule has 0 radical (unpaired) electrons. The summed E-state index contributed by atoms with van der Waals surface area (Å²) in [5.41, 5.74) is 9.21. The lowest BCUT2D eigenvalue weighted by molar-refractivity contribution is 0.336. The van der Waals surface area contributed by atoms with Gasteiger partial charge in [-0.2, -0.15) is 5.10 Å². The molecule has 0 atom stereocenters. The number of rotatable bonds is 5. The molecule has 6 heteroatoms. The zero-order chi connectivity index (χ0) is 14.5. The minimum atomic E-state index is 0.414. The number of aryl methyl sites for hydroxylation is 2. The average Bonchev–Trinajstić information content (AvgIpc) is 2.45. The van der Waals surface area contributed by atoms with Crippen molar-refractivity contribution in [3.63, 3.8) is 0 Å². The Labute approximate surface area is 118 Å². The van der Waals surface area contributed by atoms with E-state index in [-0.39, 0.29) is 0 Å². The number of nitrogens with zero attached hydrogens (tertiary/aromatic N) is 3. The zero-order valence-corrected chi connectivity index (χ0v) is 12.0. The summed E-state index contributed by atoms with van der Waals surface area (Å²) in [6, 6.07) is 5.73. The van der Waals surface area contributed by atoms with Gasteiger partial charge in [-0.15, -0.1) is 5.10 Å². The lowest BCUT2D eigenvalue weighted by atomic mass is 10.2. The molecule has 0 saturated carbocycles. The predicted molar refractivity (Wildman–Crippen MR) is 78.1 cm³/mol. The smallest absolute Gasteiger partial charge is 0.247 e. The van der Waals surface area contributed by atoms with E-state index in [0.29, 0.717) is 19.1 Å². The molecule has 3 N–H and O–H groups in total. The van der Waals surface area contributed by atoms with Crippen LogP contribution in [0.1, 0.15) is 23.9 Å². The van der Waals surface area contributed by atoms with Gasteiger partial charge < -0.3 is 15.8 Å². The maximum atomic E-state index is 5.74. The van der Waals surface area contributed by atoms with Crippen LogP contribution >= 0.6 is 0 Å². The van der Waals surface area contributed by atoms with Crippen molar-refractivity contribution in [2.24, 2.45) is 5.73 Å². The Morgan fingerprint density at radius 1 is 1.20 bits per heavy atom. The molecule has 2 aromatic rings. The number of aromatic nitrogens is 3. The van der Waals surface area contributed by atoms with Crippen molar-refractivity contribution in [2.75, 3.05) is 11.9 Å². The van der Waals surface area contributed by atoms with E-state index < -0.39 is 0 Å². The van der Waals surface area contributed by atoms with Gasteiger partial charge in [0.05, 0.1) is 18.0 Å². The molecule has 1 aromatic carbocycles. The highest BCUT2D eigenvalue weighted by atomic mass is 16.5. The number of hydrogen-bond acceptors (Lipinski definition) is 6. The van der Waals surface area contributed by atoms with Gasteiger partial charge in [-0.25, -0.2) is 4.98 Å². The van der Waals surface area contributed by atoms with E-state index in [1.807, 2.05) is 39.0 Å². The summed E-state index contributed by atoms with van der Waals surface area (Å²) in [5.74, 6) is 1.28. The quantitative estimate of drug-likeness (QED) is 0.867. The van der Waals surface area contributed by atoms with Crippen molar-refractivity contribution in [1.29, 1.82) is 0 Å². The van der Waals surface area contributed by atoms with Crippen LogP contribution in [0.25, 0.3) is 0 Å². The molecule has 106 valence electrons. The average molecular weight is 273 g/mol. The van der Waals surface area contributed by atoms with E-state index in [9.17, 15) is 0 Å². The summed E-state index contributed by atoms with van der Waals surface area (Å²) in [4.78, 5) is 4.34. The van der Waals surface area contributed by atoms with E-state index in [1.54, 1.807) is 0 Å². The Hall–Kier alpha value is -2.21. The first-order chi connectivity index (χ1) is 9.63. The molecule has 0 unspecified atom stereocenters. The second kappa shape index (κ2) is 6.29. The van der Waals surface area contributed by atoms with Crippen LogP contribution in [0.15, 0.2) is 18.2 Å². The van der Waals surface area contributed by atoms with Gasteiger partial charge in [-0.05, 0) is 39.0 Å². The molecule has 0 aliphatic carbocycles. The predicted octanol–water partition coefficient (Wildman–Crippen LogP) is 2.09. The van der Waals surface area contributed by atoms with E-state index in [0.717, 1.165) is 28.4 Å². The zero-order valence-electron chi connectivity index (χ0n) is 12.0. The molecular formula is C14H19N5O. The van der Waals surface area contributed by atoms with E-state index in [4.69, 9.17) is 10.5 Å². The number of nitrogens with one attached hydrogen (secondary N) is 1. The fraction of sp³-hybridized carbons (Fsp3) is 0.357. The lowest BCUT2D eigenvalue weighted by Crippen LogP contribution is -2.05. The molecule has 0 aliphatic heterocycles. The van der Waals surface area contributed by atoms with Crippen molar-refractivity contribution < 1.29 is 4.74 Å². The first kappa shape index (κ1) is 14.2. The topological polar surface area (TPSA) is 86.0 Å². The first-order valence-electron chi connectivity index (χ1n) is 6.54. The molecule has 2 rings (SSSR count). The summed E-state index contributed by atoms with van der Waals surface area (Å²) >= 11 is 0. The van der Waals surface area contributed by atoms with Crippen LogP contribution < -0.4 is 15.8 Å². The molecule has 20 heavy (non-hydrogen) atoms. The fourth-order valence-corrected chi connectivity index (χ4v) is 1.75. The van der Waals surface area contributed by atoms with E-state index in [2.05, 4.69) is 20.5 Å². The molecule has 1 aromatic heterocycles. The highest BCUT2D eigenvalue weighted by molar-refractivity contribution is 5.57. The van der Waals surface area contributed by atoms with Crippen molar-refractivity contribution in [3.05, 3.63) is 35.2 Å². The number of benzene rings is 1. The van der Waals surface area contributed by atoms with Crippen LogP contribution in [0.4, 0.5) is 11.6 Å². The van der Waals surface area contributed by atoms with Gasteiger partial charge in [0, 0.05) is 17.8 Å². The van der Waals surface area contributed by atoms with E-state index in [1.165, 1.54) is 0 Å². The second-order valence-electron chi connectivity index (χ2n) is 4.39. The third-order valence-electron chi connectivity index (χ3n) is 2.93. The van der Waals surface area contributed by atoms with Crippen molar-refractivity contribution in [3.8, 4) is 5.75 Å². The summed E-state index contributed by atoms with van der Waals surface area (Å²) in [5, 5.41) is 11.2. The number of nitrogens with two attached hydrogens (primary N) is 1. The summed E-state index contributed by atoms with van der Waals surface area (Å²) < 4.78 is 5.52. The van der Waals surface area contributed by atoms with Crippen LogP contribution in [0.5, 0.6) is 5.75 Å².